The molecule has 2 aromatic carbocycles. The Labute approximate surface area is 294 Å². The Balaban J connectivity index is 1.17. The predicted molar refractivity (Wildman–Crippen MR) is 190 cm³/mol. The lowest BCUT2D eigenvalue weighted by Gasteiger charge is -2.48. The standard InChI is InChI=1S/C40H49ClN2O6/c1-25(23-48-34-10-16-42-33-9-4-6-26(2)37(33)34)18-28-19-27-20-35-36(47-17-11-31(44)24-49-35)22-32(27)39(28)12-14-40(15-13-39,38(45)46-3)43-30-8-5-7-29(41)21-30/h5,7-8,10,16,20-22,25-26,28,31,43-44H,4,6,9,11-15,17-19,23-24H2,1-3H3/t25-,26-,28+,31+,39?,40?/m1/s1. The maximum Gasteiger partial charge on any atom is 0.331 e. The van der Waals surface area contributed by atoms with Crippen LogP contribution in [0, 0.1) is 11.8 Å². The first kappa shape index (κ1) is 34.0. The van der Waals surface area contributed by atoms with E-state index >= 15 is 0 Å². The number of methoxy groups -OCH3 is 1. The van der Waals surface area contributed by atoms with Gasteiger partial charge in [0.2, 0.25) is 0 Å². The van der Waals surface area contributed by atoms with Gasteiger partial charge in [-0.05, 0) is 128 Å². The summed E-state index contributed by atoms with van der Waals surface area (Å²) in [5, 5.41) is 14.4. The molecule has 0 unspecified atom stereocenters. The molecule has 2 heterocycles. The molecule has 8 nitrogen and oxygen atoms in total. The molecule has 3 aromatic rings. The number of esters is 1. The second kappa shape index (κ2) is 14.0. The van der Waals surface area contributed by atoms with E-state index in [1.807, 2.05) is 36.5 Å². The first-order chi connectivity index (χ1) is 23.7. The van der Waals surface area contributed by atoms with E-state index in [0.29, 0.717) is 61.0 Å². The maximum absolute atomic E-state index is 13.5. The van der Waals surface area contributed by atoms with Crippen LogP contribution < -0.4 is 19.5 Å². The summed E-state index contributed by atoms with van der Waals surface area (Å²) in [6, 6.07) is 13.9. The van der Waals surface area contributed by atoms with Crippen molar-refractivity contribution >= 4 is 23.3 Å². The fourth-order valence-electron chi connectivity index (χ4n) is 9.10. The summed E-state index contributed by atoms with van der Waals surface area (Å²) in [6.45, 7) is 5.91. The molecule has 1 fully saturated rings. The molecule has 4 aliphatic rings. The number of aliphatic hydroxyl groups is 1. The van der Waals surface area contributed by atoms with Crippen LogP contribution in [-0.2, 0) is 27.8 Å². The number of anilines is 1. The van der Waals surface area contributed by atoms with Crippen molar-refractivity contribution in [1.29, 1.82) is 0 Å². The normalized spacial score (nSPS) is 28.1. The van der Waals surface area contributed by atoms with E-state index < -0.39 is 11.6 Å². The predicted octanol–water partition coefficient (Wildman–Crippen LogP) is 7.81. The lowest BCUT2D eigenvalue weighted by atomic mass is 9.59. The molecule has 0 bridgehead atoms. The summed E-state index contributed by atoms with van der Waals surface area (Å²) in [5.74, 6) is 3.27. The first-order valence-electron chi connectivity index (χ1n) is 18.0. The van der Waals surface area contributed by atoms with Gasteiger partial charge in [0.25, 0.3) is 0 Å². The molecule has 1 aliphatic heterocycles. The number of hydrogen-bond acceptors (Lipinski definition) is 8. The van der Waals surface area contributed by atoms with Crippen molar-refractivity contribution in [3.63, 3.8) is 0 Å². The topological polar surface area (TPSA) is 99.1 Å². The van der Waals surface area contributed by atoms with Gasteiger partial charge in [-0.15, -0.1) is 0 Å². The molecule has 49 heavy (non-hydrogen) atoms. The van der Waals surface area contributed by atoms with Crippen LogP contribution in [0.15, 0.2) is 48.7 Å². The number of carbonyl (C=O) groups is 1. The molecule has 0 saturated heterocycles. The van der Waals surface area contributed by atoms with Crippen molar-refractivity contribution in [3.8, 4) is 17.2 Å². The zero-order valence-electron chi connectivity index (χ0n) is 28.9. The third-order valence-corrected chi connectivity index (χ3v) is 11.9. The van der Waals surface area contributed by atoms with Gasteiger partial charge in [0, 0.05) is 34.6 Å². The van der Waals surface area contributed by atoms with E-state index in [-0.39, 0.29) is 18.0 Å². The van der Waals surface area contributed by atoms with Gasteiger partial charge in [-0.1, -0.05) is 31.5 Å². The summed E-state index contributed by atoms with van der Waals surface area (Å²) < 4.78 is 24.3. The highest BCUT2D eigenvalue weighted by Crippen LogP contribution is 2.58. The van der Waals surface area contributed by atoms with Crippen molar-refractivity contribution in [2.75, 3.05) is 32.2 Å². The van der Waals surface area contributed by atoms with E-state index in [4.69, 9.17) is 30.5 Å². The van der Waals surface area contributed by atoms with Crippen molar-refractivity contribution in [3.05, 3.63) is 76.1 Å². The highest BCUT2D eigenvalue weighted by molar-refractivity contribution is 6.30. The number of aromatic nitrogens is 1. The Morgan fingerprint density at radius 2 is 1.94 bits per heavy atom. The average Bonchev–Trinajstić information content (AvgIpc) is 3.36. The van der Waals surface area contributed by atoms with E-state index in [2.05, 4.69) is 36.3 Å². The van der Waals surface area contributed by atoms with Gasteiger partial charge in [0.15, 0.2) is 11.5 Å². The van der Waals surface area contributed by atoms with Crippen molar-refractivity contribution in [2.24, 2.45) is 11.8 Å². The molecule has 2 N–H and O–H groups in total. The van der Waals surface area contributed by atoms with Crippen LogP contribution in [0.2, 0.25) is 5.02 Å². The van der Waals surface area contributed by atoms with Crippen molar-refractivity contribution in [2.45, 2.75) is 101 Å². The zero-order valence-corrected chi connectivity index (χ0v) is 29.7. The minimum Gasteiger partial charge on any atom is -0.493 e. The number of nitrogens with one attached hydrogen (secondary N) is 1. The highest BCUT2D eigenvalue weighted by Gasteiger charge is 2.55. The fourth-order valence-corrected chi connectivity index (χ4v) is 9.29. The fraction of sp³-hybridized carbons (Fsp3) is 0.550. The number of fused-ring (bicyclic) bond motifs is 4. The van der Waals surface area contributed by atoms with E-state index in [1.165, 1.54) is 42.3 Å². The van der Waals surface area contributed by atoms with Crippen LogP contribution in [0.4, 0.5) is 5.69 Å². The first-order valence-corrected chi connectivity index (χ1v) is 18.4. The lowest BCUT2D eigenvalue weighted by molar-refractivity contribution is -0.148. The molecule has 4 atom stereocenters. The number of carbonyl (C=O) groups excluding carboxylic acids is 1. The highest BCUT2D eigenvalue weighted by atomic mass is 35.5. The summed E-state index contributed by atoms with van der Waals surface area (Å²) in [4.78, 5) is 18.2. The molecular formula is C40H49ClN2O6. The molecular weight excluding hydrogens is 640 g/mol. The van der Waals surface area contributed by atoms with Crippen LogP contribution >= 0.6 is 11.6 Å². The van der Waals surface area contributed by atoms with Gasteiger partial charge < -0.3 is 29.4 Å². The van der Waals surface area contributed by atoms with E-state index in [1.54, 1.807) is 0 Å². The number of halogens is 1. The number of rotatable bonds is 8. The summed E-state index contributed by atoms with van der Waals surface area (Å²) in [5.41, 5.74) is 4.83. The third kappa shape index (κ3) is 6.71. The Bertz CT molecular complexity index is 1670. The Morgan fingerprint density at radius 1 is 1.12 bits per heavy atom. The minimum absolute atomic E-state index is 0.151. The SMILES string of the molecule is COC(=O)C1(Nc2cccc(Cl)c2)CCC2(CC1)c1cc3c(cc1C[C@@H]2C[C@@H](C)COc1ccnc2c1[C@H](C)CCC2)OC[C@@H](O)CCO3. The number of aliphatic hydroxyl groups excluding tert-OH is 1. The Kier molecular flexibility index (Phi) is 9.73. The van der Waals surface area contributed by atoms with Crippen LogP contribution in [0.1, 0.15) is 93.5 Å². The summed E-state index contributed by atoms with van der Waals surface area (Å²) >= 11 is 6.33. The number of nitrogens with zero attached hydrogens (tertiary/aromatic N) is 1. The van der Waals surface area contributed by atoms with Gasteiger partial charge >= 0.3 is 5.97 Å². The zero-order chi connectivity index (χ0) is 34.2. The molecule has 7 rings (SSSR count). The Hall–Kier alpha value is -3.49. The smallest absolute Gasteiger partial charge is 0.331 e. The minimum atomic E-state index is -0.858. The van der Waals surface area contributed by atoms with Crippen LogP contribution in [0.3, 0.4) is 0 Å². The average molecular weight is 689 g/mol. The molecule has 9 heteroatoms. The largest absolute Gasteiger partial charge is 0.493 e. The molecule has 1 saturated carbocycles. The number of benzene rings is 2. The summed E-state index contributed by atoms with van der Waals surface area (Å²) in [6.07, 6.45) is 9.99. The van der Waals surface area contributed by atoms with Gasteiger partial charge in [-0.25, -0.2) is 4.79 Å². The van der Waals surface area contributed by atoms with Gasteiger partial charge in [0.05, 0.1) is 26.4 Å². The monoisotopic (exact) mass is 688 g/mol. The van der Waals surface area contributed by atoms with E-state index in [0.717, 1.165) is 49.3 Å². The molecule has 1 aromatic heterocycles. The van der Waals surface area contributed by atoms with E-state index in [9.17, 15) is 9.90 Å². The van der Waals surface area contributed by atoms with Crippen LogP contribution in [-0.4, -0.2) is 54.6 Å². The molecule has 262 valence electrons. The lowest BCUT2D eigenvalue weighted by Crippen LogP contribution is -2.53. The van der Waals surface area contributed by atoms with Gasteiger partial charge in [0.1, 0.15) is 17.9 Å². The summed E-state index contributed by atoms with van der Waals surface area (Å²) in [7, 11) is 1.47. The second-order valence-corrected chi connectivity index (χ2v) is 15.4. The van der Waals surface area contributed by atoms with Crippen molar-refractivity contribution < 1.29 is 28.8 Å². The van der Waals surface area contributed by atoms with Gasteiger partial charge in [-0.2, -0.15) is 0 Å². The van der Waals surface area contributed by atoms with Crippen LogP contribution in [0.25, 0.3) is 0 Å². The number of ether oxygens (including phenoxy) is 4. The van der Waals surface area contributed by atoms with Crippen LogP contribution in [0.5, 0.6) is 17.2 Å². The molecule has 1 spiro atoms. The third-order valence-electron chi connectivity index (χ3n) is 11.7. The second-order valence-electron chi connectivity index (χ2n) is 14.9. The van der Waals surface area contributed by atoms with Crippen molar-refractivity contribution in [1.82, 2.24) is 4.98 Å². The Morgan fingerprint density at radius 3 is 2.73 bits per heavy atom. The number of pyridine rings is 1. The number of hydrogen-bond donors (Lipinski definition) is 2. The quantitative estimate of drug-likeness (QED) is 0.231. The van der Waals surface area contributed by atoms with Gasteiger partial charge in [-0.3, -0.25) is 4.98 Å². The molecule has 0 radical (unpaired) electrons. The molecule has 0 amide bonds. The number of aryl methyl sites for hydroxylation is 1. The molecule has 3 aliphatic carbocycles. The maximum atomic E-state index is 13.5.